The number of anilines is 1. The predicted molar refractivity (Wildman–Crippen MR) is 120 cm³/mol. The van der Waals surface area contributed by atoms with Crippen LogP contribution in [-0.4, -0.2) is 20.9 Å². The number of carbonyl (C=O) groups is 1. The number of halogens is 1. The molecule has 0 aliphatic heterocycles. The highest BCUT2D eigenvalue weighted by molar-refractivity contribution is 7.92. The summed E-state index contributed by atoms with van der Waals surface area (Å²) in [5.41, 5.74) is 2.19. The molecule has 0 bridgehead atoms. The molecule has 0 heterocycles. The Labute approximate surface area is 182 Å². The van der Waals surface area contributed by atoms with Crippen LogP contribution in [0.3, 0.4) is 0 Å². The summed E-state index contributed by atoms with van der Waals surface area (Å²) in [6.07, 6.45) is 0.821. The number of nitrogens with one attached hydrogen (secondary N) is 1. The van der Waals surface area contributed by atoms with Gasteiger partial charge in [0.25, 0.3) is 10.0 Å². The second-order valence-corrected chi connectivity index (χ2v) is 9.05. The molecular weight excluding hydrogens is 415 g/mol. The highest BCUT2D eigenvalue weighted by atomic mass is 32.2. The first kappa shape index (κ1) is 22.5. The van der Waals surface area contributed by atoms with Gasteiger partial charge in [0.05, 0.1) is 16.6 Å². The first-order valence-electron chi connectivity index (χ1n) is 10.0. The molecule has 5 nitrogen and oxygen atoms in total. The Bertz CT molecular complexity index is 1120. The lowest BCUT2D eigenvalue weighted by Crippen LogP contribution is -2.41. The van der Waals surface area contributed by atoms with Crippen LogP contribution in [0.15, 0.2) is 83.8 Å². The minimum atomic E-state index is -3.95. The van der Waals surface area contributed by atoms with Crippen molar-refractivity contribution in [1.29, 1.82) is 0 Å². The maximum absolute atomic E-state index is 13.3. The van der Waals surface area contributed by atoms with Crippen LogP contribution in [-0.2, 0) is 21.2 Å². The standard InChI is InChI=1S/C24H25FN2O3S/c1-3-19-9-15-22(16-10-19)27(31(29,30)23-7-5-4-6-8-23)17-24(28)26-18(2)20-11-13-21(25)14-12-20/h4-16,18H,3,17H2,1-2H3,(H,26,28)/t18-/m1/s1. The van der Waals surface area contributed by atoms with Crippen LogP contribution in [0.4, 0.5) is 10.1 Å². The van der Waals surface area contributed by atoms with Gasteiger partial charge in [0.15, 0.2) is 0 Å². The second kappa shape index (κ2) is 9.75. The fourth-order valence-electron chi connectivity index (χ4n) is 3.19. The lowest BCUT2D eigenvalue weighted by Gasteiger charge is -2.25. The van der Waals surface area contributed by atoms with Crippen molar-refractivity contribution in [2.24, 2.45) is 0 Å². The maximum Gasteiger partial charge on any atom is 0.264 e. The van der Waals surface area contributed by atoms with Gasteiger partial charge in [0, 0.05) is 0 Å². The third kappa shape index (κ3) is 5.49. The van der Waals surface area contributed by atoms with Gasteiger partial charge < -0.3 is 5.32 Å². The quantitative estimate of drug-likeness (QED) is 0.562. The van der Waals surface area contributed by atoms with E-state index in [1.54, 1.807) is 49.4 Å². The van der Waals surface area contributed by atoms with Gasteiger partial charge in [0.2, 0.25) is 5.91 Å². The Kier molecular flexibility index (Phi) is 7.07. The second-order valence-electron chi connectivity index (χ2n) is 7.19. The van der Waals surface area contributed by atoms with Crippen molar-refractivity contribution in [2.45, 2.75) is 31.2 Å². The van der Waals surface area contributed by atoms with Gasteiger partial charge in [-0.1, -0.05) is 49.4 Å². The number of hydrogen-bond acceptors (Lipinski definition) is 3. The van der Waals surface area contributed by atoms with Crippen LogP contribution in [0.2, 0.25) is 0 Å². The number of sulfonamides is 1. The van der Waals surface area contributed by atoms with E-state index in [0.29, 0.717) is 5.69 Å². The van der Waals surface area contributed by atoms with Crippen molar-refractivity contribution in [3.05, 3.63) is 95.8 Å². The lowest BCUT2D eigenvalue weighted by atomic mass is 10.1. The summed E-state index contributed by atoms with van der Waals surface area (Å²) in [7, 11) is -3.95. The molecule has 0 fully saturated rings. The van der Waals surface area contributed by atoms with Crippen LogP contribution in [0, 0.1) is 5.82 Å². The smallest absolute Gasteiger partial charge is 0.264 e. The van der Waals surface area contributed by atoms with Gasteiger partial charge in [-0.05, 0) is 60.9 Å². The average Bonchev–Trinajstić information content (AvgIpc) is 2.78. The number of aryl methyl sites for hydroxylation is 1. The Balaban J connectivity index is 1.87. The fourth-order valence-corrected chi connectivity index (χ4v) is 4.63. The molecule has 0 radical (unpaired) electrons. The SMILES string of the molecule is CCc1ccc(N(CC(=O)N[C@H](C)c2ccc(F)cc2)S(=O)(=O)c2ccccc2)cc1. The number of benzene rings is 3. The highest BCUT2D eigenvalue weighted by Crippen LogP contribution is 2.24. The third-order valence-corrected chi connectivity index (χ3v) is 6.79. The van der Waals surface area contributed by atoms with Crippen LogP contribution in [0.5, 0.6) is 0 Å². The van der Waals surface area contributed by atoms with Crippen molar-refractivity contribution < 1.29 is 17.6 Å². The molecule has 0 aliphatic rings. The van der Waals surface area contributed by atoms with Gasteiger partial charge in [-0.25, -0.2) is 12.8 Å². The summed E-state index contributed by atoms with van der Waals surface area (Å²) in [5, 5.41) is 2.79. The first-order valence-corrected chi connectivity index (χ1v) is 11.5. The van der Waals surface area contributed by atoms with E-state index >= 15 is 0 Å². The van der Waals surface area contributed by atoms with Crippen molar-refractivity contribution in [3.8, 4) is 0 Å². The van der Waals surface area contributed by atoms with Crippen molar-refractivity contribution >= 4 is 21.6 Å². The van der Waals surface area contributed by atoms with E-state index in [2.05, 4.69) is 5.32 Å². The van der Waals surface area contributed by atoms with Crippen molar-refractivity contribution in [3.63, 3.8) is 0 Å². The fraction of sp³-hybridized carbons (Fsp3) is 0.208. The van der Waals surface area contributed by atoms with E-state index in [-0.39, 0.29) is 17.3 Å². The van der Waals surface area contributed by atoms with Crippen LogP contribution in [0.1, 0.15) is 31.0 Å². The zero-order valence-corrected chi connectivity index (χ0v) is 18.3. The van der Waals surface area contributed by atoms with Gasteiger partial charge in [0.1, 0.15) is 12.4 Å². The molecule has 0 saturated heterocycles. The van der Waals surface area contributed by atoms with Gasteiger partial charge in [-0.3, -0.25) is 9.10 Å². The molecule has 3 rings (SSSR count). The van der Waals surface area contributed by atoms with E-state index < -0.39 is 22.0 Å². The molecule has 0 saturated carbocycles. The summed E-state index contributed by atoms with van der Waals surface area (Å²) >= 11 is 0. The molecule has 1 atom stereocenters. The molecule has 7 heteroatoms. The summed E-state index contributed by atoms with van der Waals surface area (Å²) < 4.78 is 40.9. The van der Waals surface area contributed by atoms with E-state index in [4.69, 9.17) is 0 Å². The van der Waals surface area contributed by atoms with Gasteiger partial charge in [-0.15, -0.1) is 0 Å². The molecule has 1 amide bonds. The van der Waals surface area contributed by atoms with E-state index in [0.717, 1.165) is 21.9 Å². The predicted octanol–water partition coefficient (Wildman–Crippen LogP) is 4.46. The molecule has 0 aliphatic carbocycles. The molecule has 3 aromatic rings. The molecular formula is C24H25FN2O3S. The minimum absolute atomic E-state index is 0.106. The normalized spacial score (nSPS) is 12.2. The topological polar surface area (TPSA) is 66.5 Å². The molecule has 1 N–H and O–H groups in total. The summed E-state index contributed by atoms with van der Waals surface area (Å²) in [4.78, 5) is 12.9. The lowest BCUT2D eigenvalue weighted by molar-refractivity contribution is -0.120. The number of hydrogen-bond donors (Lipinski definition) is 1. The number of carbonyl (C=O) groups excluding carboxylic acids is 1. The third-order valence-electron chi connectivity index (χ3n) is 5.00. The van der Waals surface area contributed by atoms with Gasteiger partial charge >= 0.3 is 0 Å². The van der Waals surface area contributed by atoms with E-state index in [1.165, 1.54) is 24.3 Å². The first-order chi connectivity index (χ1) is 14.8. The van der Waals surface area contributed by atoms with Gasteiger partial charge in [-0.2, -0.15) is 0 Å². The zero-order valence-electron chi connectivity index (χ0n) is 17.5. The Morgan fingerprint density at radius 1 is 0.968 bits per heavy atom. The molecule has 3 aromatic carbocycles. The monoisotopic (exact) mass is 440 g/mol. The molecule has 0 aromatic heterocycles. The van der Waals surface area contributed by atoms with E-state index in [1.807, 2.05) is 19.1 Å². The number of nitrogens with zero attached hydrogens (tertiary/aromatic N) is 1. The van der Waals surface area contributed by atoms with Crippen molar-refractivity contribution in [1.82, 2.24) is 5.32 Å². The van der Waals surface area contributed by atoms with Crippen molar-refractivity contribution in [2.75, 3.05) is 10.8 Å². The minimum Gasteiger partial charge on any atom is -0.348 e. The molecule has 0 spiro atoms. The zero-order chi connectivity index (χ0) is 22.4. The van der Waals surface area contributed by atoms with Crippen LogP contribution >= 0.6 is 0 Å². The molecule has 162 valence electrons. The molecule has 31 heavy (non-hydrogen) atoms. The summed E-state index contributed by atoms with van der Waals surface area (Å²) in [6.45, 7) is 3.39. The Hall–Kier alpha value is -3.19. The Morgan fingerprint density at radius 3 is 2.16 bits per heavy atom. The Morgan fingerprint density at radius 2 is 1.58 bits per heavy atom. The summed E-state index contributed by atoms with van der Waals surface area (Å²) in [6, 6.07) is 20.5. The van der Waals surface area contributed by atoms with E-state index in [9.17, 15) is 17.6 Å². The average molecular weight is 441 g/mol. The van der Waals surface area contributed by atoms with Crippen LogP contribution < -0.4 is 9.62 Å². The maximum atomic E-state index is 13.3. The largest absolute Gasteiger partial charge is 0.348 e. The highest BCUT2D eigenvalue weighted by Gasteiger charge is 2.27. The molecule has 0 unspecified atom stereocenters. The van der Waals surface area contributed by atoms with Crippen LogP contribution in [0.25, 0.3) is 0 Å². The summed E-state index contributed by atoms with van der Waals surface area (Å²) in [5.74, 6) is -0.825. The number of rotatable bonds is 8. The number of amides is 1.